The Labute approximate surface area is 132 Å². The molecule has 3 rings (SSSR count). The van der Waals surface area contributed by atoms with Crippen LogP contribution in [-0.2, 0) is 11.2 Å². The molecule has 1 fully saturated rings. The maximum atomic E-state index is 11.9. The van der Waals surface area contributed by atoms with Crippen molar-refractivity contribution in [2.24, 2.45) is 0 Å². The first-order chi connectivity index (χ1) is 9.79. The van der Waals surface area contributed by atoms with Gasteiger partial charge in [-0.05, 0) is 5.56 Å². The number of anilines is 2. The molecule has 0 saturated carbocycles. The first-order valence-electron chi connectivity index (χ1n) is 6.44. The molecule has 3 N–H and O–H groups in total. The molecule has 1 aromatic carbocycles. The van der Waals surface area contributed by atoms with Gasteiger partial charge in [0.25, 0.3) is 0 Å². The molecule has 1 aromatic heterocycles. The largest absolute Gasteiger partial charge is 0.355 e. The minimum atomic E-state index is -0.0794. The summed E-state index contributed by atoms with van der Waals surface area (Å²) in [5.74, 6) is -0.0794. The zero-order valence-corrected chi connectivity index (χ0v) is 12.8. The molecular weight excluding hydrogens is 310 g/mol. The van der Waals surface area contributed by atoms with E-state index in [4.69, 9.17) is 0 Å². The van der Waals surface area contributed by atoms with Crippen molar-refractivity contribution in [3.05, 3.63) is 35.9 Å². The molecule has 2 heterocycles. The van der Waals surface area contributed by atoms with Crippen molar-refractivity contribution < 1.29 is 4.79 Å². The zero-order valence-electron chi connectivity index (χ0n) is 11.2. The second-order valence-electron chi connectivity index (χ2n) is 4.62. The van der Waals surface area contributed by atoms with Gasteiger partial charge in [-0.3, -0.25) is 4.79 Å². The molecule has 0 radical (unpaired) electrons. The molecule has 0 atom stereocenters. The van der Waals surface area contributed by atoms with E-state index in [9.17, 15) is 4.79 Å². The molecule has 112 valence electrons. The van der Waals surface area contributed by atoms with Crippen LogP contribution in [-0.4, -0.2) is 35.2 Å². The van der Waals surface area contributed by atoms with Crippen LogP contribution in [0.1, 0.15) is 5.56 Å². The summed E-state index contributed by atoms with van der Waals surface area (Å²) in [6.45, 7) is 1.88. The van der Waals surface area contributed by atoms with Gasteiger partial charge in [-0.2, -0.15) is 0 Å². The Kier molecular flexibility index (Phi) is 5.49. The number of nitrogens with one attached hydrogen (secondary N) is 3. The average molecular weight is 326 g/mol. The Hall–Kier alpha value is -1.70. The fraction of sp³-hybridized carbons (Fsp3) is 0.308. The van der Waals surface area contributed by atoms with Gasteiger partial charge in [0, 0.05) is 13.1 Å². The number of halogens is 1. The van der Waals surface area contributed by atoms with Crippen LogP contribution in [0.5, 0.6) is 0 Å². The lowest BCUT2D eigenvalue weighted by molar-refractivity contribution is -0.115. The highest BCUT2D eigenvalue weighted by atomic mass is 35.5. The summed E-state index contributed by atoms with van der Waals surface area (Å²) in [5, 5.41) is 18.4. The molecule has 0 unspecified atom stereocenters. The molecule has 2 aromatic rings. The molecule has 21 heavy (non-hydrogen) atoms. The van der Waals surface area contributed by atoms with E-state index in [1.54, 1.807) is 0 Å². The Morgan fingerprint density at radius 1 is 1.24 bits per heavy atom. The second kappa shape index (κ2) is 7.35. The van der Waals surface area contributed by atoms with Gasteiger partial charge in [0.05, 0.1) is 12.5 Å². The molecule has 8 heteroatoms. The van der Waals surface area contributed by atoms with E-state index in [1.807, 2.05) is 30.3 Å². The highest BCUT2D eigenvalue weighted by molar-refractivity contribution is 7.19. The van der Waals surface area contributed by atoms with E-state index in [2.05, 4.69) is 26.1 Å². The summed E-state index contributed by atoms with van der Waals surface area (Å²) in [7, 11) is 0. The van der Waals surface area contributed by atoms with Crippen LogP contribution in [0.2, 0.25) is 0 Å². The Balaban J connectivity index is 0.00000161. The van der Waals surface area contributed by atoms with Gasteiger partial charge >= 0.3 is 0 Å². The Morgan fingerprint density at radius 3 is 2.62 bits per heavy atom. The molecule has 0 spiro atoms. The highest BCUT2D eigenvalue weighted by Crippen LogP contribution is 2.21. The summed E-state index contributed by atoms with van der Waals surface area (Å²) >= 11 is 1.36. The number of aromatic nitrogens is 2. The van der Waals surface area contributed by atoms with Crippen LogP contribution in [0.15, 0.2) is 30.3 Å². The van der Waals surface area contributed by atoms with Gasteiger partial charge in [-0.15, -0.1) is 22.6 Å². The minimum Gasteiger partial charge on any atom is -0.355 e. The predicted octanol–water partition coefficient (Wildman–Crippen LogP) is 1.52. The lowest BCUT2D eigenvalue weighted by Crippen LogP contribution is -2.51. The van der Waals surface area contributed by atoms with Gasteiger partial charge in [-0.1, -0.05) is 41.7 Å². The standard InChI is InChI=1S/C13H15N5OS.ClH/c19-11(6-9-4-2-1-3-5-9)16-13-18-17-12(20-13)15-10-7-14-8-10;/h1-5,10,14H,6-8H2,(H,15,17)(H,16,18,19);1H. The average Bonchev–Trinajstić information content (AvgIpc) is 2.82. The van der Waals surface area contributed by atoms with E-state index in [0.717, 1.165) is 23.8 Å². The summed E-state index contributed by atoms with van der Waals surface area (Å²) in [6.07, 6.45) is 0.343. The van der Waals surface area contributed by atoms with Gasteiger partial charge in [-0.25, -0.2) is 0 Å². The van der Waals surface area contributed by atoms with Crippen LogP contribution in [0.3, 0.4) is 0 Å². The van der Waals surface area contributed by atoms with Crippen molar-refractivity contribution in [2.75, 3.05) is 23.7 Å². The molecule has 0 bridgehead atoms. The smallest absolute Gasteiger partial charge is 0.230 e. The van der Waals surface area contributed by atoms with Gasteiger partial charge in [0.2, 0.25) is 16.2 Å². The maximum Gasteiger partial charge on any atom is 0.230 e. The zero-order chi connectivity index (χ0) is 13.8. The number of hydrogen-bond acceptors (Lipinski definition) is 6. The number of carbonyl (C=O) groups excluding carboxylic acids is 1. The summed E-state index contributed by atoms with van der Waals surface area (Å²) < 4.78 is 0. The van der Waals surface area contributed by atoms with Crippen molar-refractivity contribution in [1.29, 1.82) is 0 Å². The maximum absolute atomic E-state index is 11.9. The SMILES string of the molecule is Cl.O=C(Cc1ccccc1)Nc1nnc(NC2CNC2)s1. The van der Waals surface area contributed by atoms with Gasteiger partial charge in [0.15, 0.2) is 0 Å². The monoisotopic (exact) mass is 325 g/mol. The van der Waals surface area contributed by atoms with Crippen LogP contribution >= 0.6 is 23.7 Å². The first-order valence-corrected chi connectivity index (χ1v) is 7.26. The van der Waals surface area contributed by atoms with E-state index in [0.29, 0.717) is 17.6 Å². The van der Waals surface area contributed by atoms with E-state index >= 15 is 0 Å². The van der Waals surface area contributed by atoms with Gasteiger partial charge in [0.1, 0.15) is 0 Å². The normalized spacial score (nSPS) is 13.9. The lowest BCUT2D eigenvalue weighted by atomic mass is 10.1. The number of hydrogen-bond donors (Lipinski definition) is 3. The number of benzene rings is 1. The van der Waals surface area contributed by atoms with Crippen molar-refractivity contribution >= 4 is 39.9 Å². The fourth-order valence-electron chi connectivity index (χ4n) is 1.84. The summed E-state index contributed by atoms with van der Waals surface area (Å²) in [5.41, 5.74) is 0.980. The fourth-order valence-corrected chi connectivity index (χ4v) is 2.58. The highest BCUT2D eigenvalue weighted by Gasteiger charge is 2.18. The Bertz CT molecular complexity index is 587. The van der Waals surface area contributed by atoms with Crippen LogP contribution < -0.4 is 16.0 Å². The second-order valence-corrected chi connectivity index (χ2v) is 5.60. The van der Waals surface area contributed by atoms with E-state index < -0.39 is 0 Å². The third kappa shape index (κ3) is 4.38. The van der Waals surface area contributed by atoms with Crippen molar-refractivity contribution in [3.8, 4) is 0 Å². The quantitative estimate of drug-likeness (QED) is 0.777. The number of nitrogens with zero attached hydrogens (tertiary/aromatic N) is 2. The molecule has 1 saturated heterocycles. The van der Waals surface area contributed by atoms with E-state index in [1.165, 1.54) is 11.3 Å². The summed E-state index contributed by atoms with van der Waals surface area (Å²) in [4.78, 5) is 11.9. The molecule has 1 amide bonds. The van der Waals surface area contributed by atoms with Crippen molar-refractivity contribution in [3.63, 3.8) is 0 Å². The van der Waals surface area contributed by atoms with E-state index in [-0.39, 0.29) is 18.3 Å². The van der Waals surface area contributed by atoms with Crippen molar-refractivity contribution in [1.82, 2.24) is 15.5 Å². The summed E-state index contributed by atoms with van der Waals surface area (Å²) in [6, 6.07) is 10.0. The third-order valence-electron chi connectivity index (χ3n) is 2.99. The predicted molar refractivity (Wildman–Crippen MR) is 86.2 cm³/mol. The molecule has 1 aliphatic rings. The number of rotatable bonds is 5. The topological polar surface area (TPSA) is 78.9 Å². The van der Waals surface area contributed by atoms with Crippen LogP contribution in [0.4, 0.5) is 10.3 Å². The van der Waals surface area contributed by atoms with Crippen LogP contribution in [0, 0.1) is 0 Å². The first kappa shape index (κ1) is 15.7. The molecule has 6 nitrogen and oxygen atoms in total. The third-order valence-corrected chi connectivity index (χ3v) is 3.76. The van der Waals surface area contributed by atoms with Crippen molar-refractivity contribution in [2.45, 2.75) is 12.5 Å². The molecular formula is C13H16ClN5OS. The Morgan fingerprint density at radius 2 is 1.95 bits per heavy atom. The molecule has 0 aliphatic carbocycles. The molecule has 1 aliphatic heterocycles. The minimum absolute atomic E-state index is 0. The number of carbonyl (C=O) groups is 1. The van der Waals surface area contributed by atoms with Crippen LogP contribution in [0.25, 0.3) is 0 Å². The number of amides is 1. The van der Waals surface area contributed by atoms with Gasteiger partial charge < -0.3 is 16.0 Å². The lowest BCUT2D eigenvalue weighted by Gasteiger charge is -2.27.